The van der Waals surface area contributed by atoms with E-state index < -0.39 is 11.9 Å². The summed E-state index contributed by atoms with van der Waals surface area (Å²) in [6, 6.07) is 0. The van der Waals surface area contributed by atoms with E-state index in [4.69, 9.17) is 4.74 Å². The zero-order valence-electron chi connectivity index (χ0n) is 16.1. The van der Waals surface area contributed by atoms with Crippen molar-refractivity contribution in [1.82, 2.24) is 9.80 Å². The average molecular weight is 338 g/mol. The Morgan fingerprint density at radius 1 is 1.33 bits per heavy atom. The molecule has 138 valence electrons. The summed E-state index contributed by atoms with van der Waals surface area (Å²) in [6.07, 6.45) is 2.07. The molecule has 0 amide bonds. The van der Waals surface area contributed by atoms with Crippen LogP contribution >= 0.6 is 0 Å². The maximum Gasteiger partial charge on any atom is 0.309 e. The lowest BCUT2D eigenvalue weighted by Crippen LogP contribution is -2.39. The van der Waals surface area contributed by atoms with E-state index in [1.165, 1.54) is 0 Å². The van der Waals surface area contributed by atoms with Crippen LogP contribution in [0.5, 0.6) is 0 Å². The van der Waals surface area contributed by atoms with Gasteiger partial charge in [0.05, 0.1) is 30.7 Å². The van der Waals surface area contributed by atoms with Gasteiger partial charge in [-0.2, -0.15) is 0 Å². The Morgan fingerprint density at radius 3 is 2.38 bits per heavy atom. The second-order valence-electron chi connectivity index (χ2n) is 7.75. The van der Waals surface area contributed by atoms with Crippen LogP contribution in [-0.4, -0.2) is 72.9 Å². The van der Waals surface area contributed by atoms with Crippen molar-refractivity contribution in [2.75, 3.05) is 40.3 Å². The van der Waals surface area contributed by atoms with Crippen LogP contribution in [0.1, 0.15) is 40.5 Å². The summed E-state index contributed by atoms with van der Waals surface area (Å²) in [5.74, 6) is 5.52. The summed E-state index contributed by atoms with van der Waals surface area (Å²) in [7, 11) is 4.08. The summed E-state index contributed by atoms with van der Waals surface area (Å²) >= 11 is 0. The summed E-state index contributed by atoms with van der Waals surface area (Å²) in [4.78, 5) is 15.7. The smallest absolute Gasteiger partial charge is 0.309 e. The van der Waals surface area contributed by atoms with Crippen molar-refractivity contribution in [3.63, 3.8) is 0 Å². The molecule has 1 unspecified atom stereocenters. The van der Waals surface area contributed by atoms with Crippen molar-refractivity contribution in [1.29, 1.82) is 0 Å². The average Bonchev–Trinajstić information content (AvgIpc) is 2.48. The molecule has 1 saturated heterocycles. The predicted octanol–water partition coefficient (Wildman–Crippen LogP) is 2.17. The van der Waals surface area contributed by atoms with Crippen molar-refractivity contribution in [2.45, 2.75) is 52.2 Å². The molecule has 0 aromatic carbocycles. The Hall–Kier alpha value is -1.09. The van der Waals surface area contributed by atoms with Gasteiger partial charge in [-0.05, 0) is 46.7 Å². The highest BCUT2D eigenvalue weighted by Gasteiger charge is 2.25. The van der Waals surface area contributed by atoms with Crippen molar-refractivity contribution < 1.29 is 14.6 Å². The number of nitrogens with zero attached hydrogens (tertiary/aromatic N) is 2. The minimum Gasteiger partial charge on any atom is -0.481 e. The third kappa shape index (κ3) is 6.80. The molecule has 1 fully saturated rings. The van der Waals surface area contributed by atoms with Crippen molar-refractivity contribution >= 4 is 5.97 Å². The molecule has 1 heterocycles. The van der Waals surface area contributed by atoms with Gasteiger partial charge in [-0.3, -0.25) is 14.6 Å². The van der Waals surface area contributed by atoms with Crippen LogP contribution in [0.2, 0.25) is 0 Å². The van der Waals surface area contributed by atoms with E-state index in [2.05, 4.69) is 35.5 Å². The molecule has 0 aromatic rings. The van der Waals surface area contributed by atoms with Crippen LogP contribution in [0.3, 0.4) is 0 Å². The standard InChI is InChI=1S/C19H34N2O3/c1-15(2)17(18(22)23)14-24-16-8-12-21(13-9-16)11-7-10-19(3,4)20(5)6/h15-17H,8-9,11-14H2,1-6H3,(H,22,23). The molecule has 1 atom stereocenters. The summed E-state index contributed by atoms with van der Waals surface area (Å²) < 4.78 is 5.86. The van der Waals surface area contributed by atoms with Gasteiger partial charge in [0.15, 0.2) is 0 Å². The van der Waals surface area contributed by atoms with E-state index in [-0.39, 0.29) is 17.6 Å². The van der Waals surface area contributed by atoms with Gasteiger partial charge < -0.3 is 9.84 Å². The summed E-state index contributed by atoms with van der Waals surface area (Å²) in [5, 5.41) is 9.21. The van der Waals surface area contributed by atoms with Crippen LogP contribution < -0.4 is 0 Å². The number of carbonyl (C=O) groups is 1. The maximum atomic E-state index is 11.2. The molecule has 1 N–H and O–H groups in total. The number of ether oxygens (including phenoxy) is 1. The molecule has 0 saturated carbocycles. The van der Waals surface area contributed by atoms with E-state index >= 15 is 0 Å². The molecule has 0 aromatic heterocycles. The highest BCUT2D eigenvalue weighted by atomic mass is 16.5. The van der Waals surface area contributed by atoms with Crippen molar-refractivity contribution in [3.05, 3.63) is 0 Å². The minimum absolute atomic E-state index is 0.0953. The molecule has 1 rings (SSSR count). The Bertz CT molecular complexity index is 455. The molecule has 24 heavy (non-hydrogen) atoms. The third-order valence-electron chi connectivity index (χ3n) is 4.98. The van der Waals surface area contributed by atoms with Crippen molar-refractivity contribution in [2.24, 2.45) is 11.8 Å². The number of piperidine rings is 1. The molecular formula is C19H34N2O3. The van der Waals surface area contributed by atoms with Crippen LogP contribution in [0.15, 0.2) is 0 Å². The van der Waals surface area contributed by atoms with Gasteiger partial charge in [0.2, 0.25) is 0 Å². The van der Waals surface area contributed by atoms with Crippen LogP contribution in [0.25, 0.3) is 0 Å². The lowest BCUT2D eigenvalue weighted by atomic mass is 9.97. The third-order valence-corrected chi connectivity index (χ3v) is 4.98. The van der Waals surface area contributed by atoms with Crippen LogP contribution in [0.4, 0.5) is 0 Å². The number of carboxylic acids is 1. The second-order valence-corrected chi connectivity index (χ2v) is 7.75. The quantitative estimate of drug-likeness (QED) is 0.721. The summed E-state index contributed by atoms with van der Waals surface area (Å²) in [6.45, 7) is 11.1. The number of carboxylic acid groups (broad SMARTS) is 1. The highest BCUT2D eigenvalue weighted by molar-refractivity contribution is 5.70. The fraction of sp³-hybridized carbons (Fsp3) is 0.842. The number of hydrogen-bond acceptors (Lipinski definition) is 4. The first-order chi connectivity index (χ1) is 11.1. The SMILES string of the molecule is CC(C)C(COC1CCN(CC#CC(C)(C)N(C)C)CC1)C(=O)O. The van der Waals surface area contributed by atoms with E-state index in [1.807, 2.05) is 27.9 Å². The topological polar surface area (TPSA) is 53.0 Å². The van der Waals surface area contributed by atoms with E-state index in [0.29, 0.717) is 6.61 Å². The van der Waals surface area contributed by atoms with E-state index in [1.54, 1.807) is 0 Å². The Morgan fingerprint density at radius 2 is 1.92 bits per heavy atom. The molecule has 1 aliphatic heterocycles. The normalized spacial score (nSPS) is 18.5. The molecule has 5 nitrogen and oxygen atoms in total. The molecule has 5 heteroatoms. The highest BCUT2D eigenvalue weighted by Crippen LogP contribution is 2.18. The van der Waals surface area contributed by atoms with Crippen LogP contribution in [-0.2, 0) is 9.53 Å². The number of hydrogen-bond donors (Lipinski definition) is 1. The molecule has 0 aliphatic carbocycles. The molecule has 0 spiro atoms. The first kappa shape index (κ1) is 21.0. The maximum absolute atomic E-state index is 11.2. The van der Waals surface area contributed by atoms with Crippen LogP contribution in [0, 0.1) is 23.7 Å². The Balaban J connectivity index is 2.35. The fourth-order valence-electron chi connectivity index (χ4n) is 2.50. The first-order valence-corrected chi connectivity index (χ1v) is 8.87. The molecule has 0 bridgehead atoms. The summed E-state index contributed by atoms with van der Waals surface area (Å²) in [5.41, 5.74) is -0.107. The van der Waals surface area contributed by atoms with Gasteiger partial charge in [-0.1, -0.05) is 25.7 Å². The van der Waals surface area contributed by atoms with Gasteiger partial charge in [-0.25, -0.2) is 0 Å². The Labute approximate surface area is 147 Å². The van der Waals surface area contributed by atoms with Gasteiger partial charge >= 0.3 is 5.97 Å². The lowest BCUT2D eigenvalue weighted by molar-refractivity contribution is -0.147. The molecule has 1 aliphatic rings. The zero-order valence-corrected chi connectivity index (χ0v) is 16.1. The first-order valence-electron chi connectivity index (χ1n) is 8.87. The predicted molar refractivity (Wildman–Crippen MR) is 96.9 cm³/mol. The number of likely N-dealkylation sites (tertiary alicyclic amines) is 1. The van der Waals surface area contributed by atoms with E-state index in [9.17, 15) is 9.90 Å². The van der Waals surface area contributed by atoms with Crippen molar-refractivity contribution in [3.8, 4) is 11.8 Å². The minimum atomic E-state index is -0.763. The number of rotatable bonds is 7. The lowest BCUT2D eigenvalue weighted by Gasteiger charge is -2.31. The Kier molecular flexibility index (Phi) is 8.21. The zero-order chi connectivity index (χ0) is 18.3. The van der Waals surface area contributed by atoms with Gasteiger partial charge in [0, 0.05) is 13.1 Å². The molecular weight excluding hydrogens is 304 g/mol. The van der Waals surface area contributed by atoms with Gasteiger partial charge in [0.25, 0.3) is 0 Å². The largest absolute Gasteiger partial charge is 0.481 e. The van der Waals surface area contributed by atoms with E-state index in [0.717, 1.165) is 32.5 Å². The van der Waals surface area contributed by atoms with Gasteiger partial charge in [-0.15, -0.1) is 0 Å². The van der Waals surface area contributed by atoms with Gasteiger partial charge in [0.1, 0.15) is 0 Å². The fourth-order valence-corrected chi connectivity index (χ4v) is 2.50. The molecule has 0 radical (unpaired) electrons. The number of aliphatic carboxylic acids is 1. The second kappa shape index (κ2) is 9.41. The monoisotopic (exact) mass is 338 g/mol.